The van der Waals surface area contributed by atoms with E-state index < -0.39 is 0 Å². The Labute approximate surface area is 172 Å². The zero-order valence-corrected chi connectivity index (χ0v) is 17.3. The fourth-order valence-corrected chi connectivity index (χ4v) is 5.38. The molecule has 1 aliphatic rings. The third-order valence-corrected chi connectivity index (χ3v) is 6.84. The van der Waals surface area contributed by atoms with Gasteiger partial charge in [-0.3, -0.25) is 9.36 Å². The number of furan rings is 1. The van der Waals surface area contributed by atoms with Gasteiger partial charge in [0.05, 0.1) is 18.1 Å². The summed E-state index contributed by atoms with van der Waals surface area (Å²) in [5, 5.41) is 11.3. The lowest BCUT2D eigenvalue weighted by molar-refractivity contribution is -0.131. The van der Waals surface area contributed by atoms with E-state index in [1.54, 1.807) is 23.7 Å². The van der Waals surface area contributed by atoms with Crippen LogP contribution in [0.1, 0.15) is 29.8 Å². The Hall–Kier alpha value is -2.32. The molecule has 0 radical (unpaired) electrons. The second kappa shape index (κ2) is 8.36. The van der Waals surface area contributed by atoms with E-state index in [4.69, 9.17) is 4.42 Å². The molecule has 0 saturated heterocycles. The fraction of sp³-hybridized carbons (Fsp3) is 0.350. The summed E-state index contributed by atoms with van der Waals surface area (Å²) in [7, 11) is 0. The highest BCUT2D eigenvalue weighted by Crippen LogP contribution is 2.36. The maximum absolute atomic E-state index is 13.0. The van der Waals surface area contributed by atoms with Crippen molar-refractivity contribution in [3.8, 4) is 11.6 Å². The number of rotatable bonds is 7. The van der Waals surface area contributed by atoms with Crippen LogP contribution in [0.5, 0.6) is 0 Å². The van der Waals surface area contributed by atoms with Gasteiger partial charge >= 0.3 is 0 Å². The predicted molar refractivity (Wildman–Crippen MR) is 111 cm³/mol. The van der Waals surface area contributed by atoms with Crippen LogP contribution in [0, 0.1) is 0 Å². The third-order valence-electron chi connectivity index (χ3n) is 4.90. The van der Waals surface area contributed by atoms with Crippen LogP contribution in [-0.2, 0) is 17.8 Å². The van der Waals surface area contributed by atoms with E-state index in [0.29, 0.717) is 29.0 Å². The summed E-state index contributed by atoms with van der Waals surface area (Å²) < 4.78 is 7.38. The monoisotopic (exact) mass is 414 g/mol. The van der Waals surface area contributed by atoms with Gasteiger partial charge in [0.1, 0.15) is 0 Å². The minimum atomic E-state index is 0.140. The molecule has 1 aliphatic heterocycles. The number of amides is 1. The summed E-state index contributed by atoms with van der Waals surface area (Å²) in [6.07, 6.45) is 5.26. The number of hydrogen-bond donors (Lipinski definition) is 0. The second-order valence-electron chi connectivity index (χ2n) is 6.53. The van der Waals surface area contributed by atoms with Gasteiger partial charge in [0.25, 0.3) is 0 Å². The topological polar surface area (TPSA) is 64.2 Å². The molecular formula is C20H22N4O2S2. The number of carbonyl (C=O) groups excluding carboxylic acids is 1. The highest BCUT2D eigenvalue weighted by molar-refractivity contribution is 7.99. The minimum Gasteiger partial charge on any atom is -0.461 e. The third kappa shape index (κ3) is 3.54. The molecule has 1 atom stereocenters. The van der Waals surface area contributed by atoms with Gasteiger partial charge in [0.2, 0.25) is 11.7 Å². The van der Waals surface area contributed by atoms with Crippen molar-refractivity contribution in [2.75, 3.05) is 12.3 Å². The molecule has 3 aromatic heterocycles. The quantitative estimate of drug-likeness (QED) is 0.423. The summed E-state index contributed by atoms with van der Waals surface area (Å²) in [6, 6.07) is 6.00. The molecule has 0 bridgehead atoms. The fourth-order valence-electron chi connectivity index (χ4n) is 3.62. The highest BCUT2D eigenvalue weighted by Gasteiger charge is 2.30. The maximum atomic E-state index is 13.0. The lowest BCUT2D eigenvalue weighted by Crippen LogP contribution is -2.40. The molecule has 0 saturated carbocycles. The maximum Gasteiger partial charge on any atom is 0.233 e. The average molecular weight is 415 g/mol. The highest BCUT2D eigenvalue weighted by atomic mass is 32.2. The first-order chi connectivity index (χ1) is 13.7. The van der Waals surface area contributed by atoms with Gasteiger partial charge in [0, 0.05) is 18.0 Å². The summed E-state index contributed by atoms with van der Waals surface area (Å²) in [5.41, 5.74) is 1.31. The molecule has 0 N–H and O–H groups in total. The van der Waals surface area contributed by atoms with Crippen LogP contribution in [0.25, 0.3) is 11.6 Å². The largest absolute Gasteiger partial charge is 0.461 e. The first kappa shape index (κ1) is 19.0. The van der Waals surface area contributed by atoms with E-state index >= 15 is 0 Å². The molecule has 8 heteroatoms. The summed E-state index contributed by atoms with van der Waals surface area (Å²) in [4.78, 5) is 16.4. The minimum absolute atomic E-state index is 0.140. The van der Waals surface area contributed by atoms with Crippen molar-refractivity contribution in [1.82, 2.24) is 19.7 Å². The Bertz CT molecular complexity index is 961. The lowest BCUT2D eigenvalue weighted by Gasteiger charge is -2.35. The van der Waals surface area contributed by atoms with E-state index in [-0.39, 0.29) is 11.9 Å². The number of thioether (sulfide) groups is 1. The van der Waals surface area contributed by atoms with Gasteiger partial charge in [-0.15, -0.1) is 28.1 Å². The number of carbonyl (C=O) groups is 1. The normalized spacial score (nSPS) is 16.2. The van der Waals surface area contributed by atoms with Gasteiger partial charge in [-0.25, -0.2) is 0 Å². The smallest absolute Gasteiger partial charge is 0.233 e. The first-order valence-electron chi connectivity index (χ1n) is 9.29. The number of allylic oxidation sites excluding steroid dienone is 1. The van der Waals surface area contributed by atoms with Crippen molar-refractivity contribution < 1.29 is 9.21 Å². The van der Waals surface area contributed by atoms with Crippen LogP contribution < -0.4 is 0 Å². The van der Waals surface area contributed by atoms with E-state index in [0.717, 1.165) is 19.4 Å². The van der Waals surface area contributed by atoms with E-state index in [2.05, 4.69) is 35.1 Å². The zero-order chi connectivity index (χ0) is 19.5. The Morgan fingerprint density at radius 2 is 2.36 bits per heavy atom. The molecule has 146 valence electrons. The molecule has 1 amide bonds. The number of fused-ring (bicyclic) bond motifs is 1. The van der Waals surface area contributed by atoms with Gasteiger partial charge in [-0.05, 0) is 42.0 Å². The van der Waals surface area contributed by atoms with Crippen LogP contribution >= 0.6 is 23.1 Å². The van der Waals surface area contributed by atoms with Crippen molar-refractivity contribution >= 4 is 29.0 Å². The van der Waals surface area contributed by atoms with Gasteiger partial charge < -0.3 is 9.32 Å². The van der Waals surface area contributed by atoms with Crippen LogP contribution in [0.15, 0.2) is 52.1 Å². The molecule has 4 rings (SSSR count). The molecule has 3 aromatic rings. The van der Waals surface area contributed by atoms with Gasteiger partial charge in [-0.2, -0.15) is 0 Å². The Kier molecular flexibility index (Phi) is 5.68. The van der Waals surface area contributed by atoms with Gasteiger partial charge in [0.15, 0.2) is 10.9 Å². The molecular weight excluding hydrogens is 392 g/mol. The van der Waals surface area contributed by atoms with Crippen LogP contribution in [0.2, 0.25) is 0 Å². The van der Waals surface area contributed by atoms with Crippen molar-refractivity contribution in [1.29, 1.82) is 0 Å². The SMILES string of the molecule is C=CCn1c(SCC(=O)N2CCc3sccc3C2CC)nnc1-c1ccco1. The number of aromatic nitrogens is 3. The second-order valence-corrected chi connectivity index (χ2v) is 8.47. The predicted octanol–water partition coefficient (Wildman–Crippen LogP) is 4.41. The molecule has 0 aromatic carbocycles. The Morgan fingerprint density at radius 1 is 1.46 bits per heavy atom. The number of hydrogen-bond acceptors (Lipinski definition) is 6. The standard InChI is InChI=1S/C20H22N4O2S2/c1-3-9-24-19(16-6-5-11-26-16)21-22-20(24)28-13-18(25)23-10-7-17-14(8-12-27-17)15(23)4-2/h3,5-6,8,11-12,15H,1,4,7,9-10,13H2,2H3. The molecule has 6 nitrogen and oxygen atoms in total. The summed E-state index contributed by atoms with van der Waals surface area (Å²) >= 11 is 3.21. The molecule has 4 heterocycles. The number of thiophene rings is 1. The average Bonchev–Trinajstić information content (AvgIpc) is 3.45. The van der Waals surface area contributed by atoms with Crippen molar-refractivity contribution in [3.05, 3.63) is 52.9 Å². The van der Waals surface area contributed by atoms with Crippen molar-refractivity contribution in [3.63, 3.8) is 0 Å². The van der Waals surface area contributed by atoms with Gasteiger partial charge in [-0.1, -0.05) is 24.8 Å². The van der Waals surface area contributed by atoms with E-state index in [1.165, 1.54) is 22.2 Å². The first-order valence-corrected chi connectivity index (χ1v) is 11.2. The molecule has 0 spiro atoms. The zero-order valence-electron chi connectivity index (χ0n) is 15.7. The van der Waals surface area contributed by atoms with Crippen molar-refractivity contribution in [2.45, 2.75) is 37.5 Å². The Morgan fingerprint density at radius 3 is 3.11 bits per heavy atom. The number of nitrogens with zero attached hydrogens (tertiary/aromatic N) is 4. The van der Waals surface area contributed by atoms with Crippen LogP contribution in [0.3, 0.4) is 0 Å². The lowest BCUT2D eigenvalue weighted by atomic mass is 9.98. The van der Waals surface area contributed by atoms with E-state index in [1.807, 2.05) is 21.6 Å². The molecule has 0 fully saturated rings. The van der Waals surface area contributed by atoms with Crippen LogP contribution in [0.4, 0.5) is 0 Å². The summed E-state index contributed by atoms with van der Waals surface area (Å²) in [6.45, 7) is 7.29. The van der Waals surface area contributed by atoms with Crippen molar-refractivity contribution in [2.24, 2.45) is 0 Å². The van der Waals surface area contributed by atoms with Crippen LogP contribution in [-0.4, -0.2) is 37.9 Å². The Balaban J connectivity index is 1.49. The molecule has 1 unspecified atom stereocenters. The molecule has 28 heavy (non-hydrogen) atoms. The molecule has 0 aliphatic carbocycles. The van der Waals surface area contributed by atoms with E-state index in [9.17, 15) is 4.79 Å². The summed E-state index contributed by atoms with van der Waals surface area (Å²) in [5.74, 6) is 1.77.